The van der Waals surface area contributed by atoms with Gasteiger partial charge in [-0.3, -0.25) is 4.90 Å². The van der Waals surface area contributed by atoms with E-state index >= 15 is 0 Å². The lowest BCUT2D eigenvalue weighted by molar-refractivity contribution is -0.160. The summed E-state index contributed by atoms with van der Waals surface area (Å²) < 4.78 is 11.3. The quantitative estimate of drug-likeness (QED) is 0.461. The summed E-state index contributed by atoms with van der Waals surface area (Å²) in [6, 6.07) is 16.2. The van der Waals surface area contributed by atoms with Gasteiger partial charge in [-0.1, -0.05) is 48.5 Å². The lowest BCUT2D eigenvalue weighted by Gasteiger charge is -2.52. The van der Waals surface area contributed by atoms with E-state index < -0.39 is 35.3 Å². The number of alkyl carbamates (subject to hydrolysis) is 1. The number of benzene rings is 2. The van der Waals surface area contributed by atoms with Gasteiger partial charge in [-0.15, -0.1) is 0 Å². The first-order chi connectivity index (χ1) is 19.4. The average molecular weight is 564 g/mol. The van der Waals surface area contributed by atoms with E-state index in [9.17, 15) is 19.5 Å². The minimum Gasteiger partial charge on any atom is -0.479 e. The lowest BCUT2D eigenvalue weighted by atomic mass is 9.70. The number of carbonyl (C=O) groups excluding carboxylic acids is 2. The summed E-state index contributed by atoms with van der Waals surface area (Å²) in [7, 11) is 4.06. The van der Waals surface area contributed by atoms with E-state index in [1.54, 1.807) is 20.8 Å². The molecule has 2 aromatic carbocycles. The Kier molecular flexibility index (Phi) is 7.76. The van der Waals surface area contributed by atoms with Crippen LogP contribution in [0.2, 0.25) is 0 Å². The van der Waals surface area contributed by atoms with Crippen LogP contribution in [0, 0.1) is 5.92 Å². The van der Waals surface area contributed by atoms with E-state index in [-0.39, 0.29) is 31.3 Å². The summed E-state index contributed by atoms with van der Waals surface area (Å²) in [5.41, 5.74) is 2.33. The van der Waals surface area contributed by atoms with Crippen molar-refractivity contribution in [1.82, 2.24) is 15.1 Å². The number of nitrogens with zero attached hydrogens (tertiary/aromatic N) is 2. The first kappa shape index (κ1) is 28.9. The topological polar surface area (TPSA) is 108 Å². The number of carbonyl (C=O) groups is 3. The van der Waals surface area contributed by atoms with Crippen LogP contribution in [-0.4, -0.2) is 83.5 Å². The molecule has 0 bridgehead atoms. The molecule has 3 aliphatic rings. The number of carboxylic acids is 1. The van der Waals surface area contributed by atoms with Crippen molar-refractivity contribution in [2.75, 3.05) is 27.2 Å². The number of fused-ring (bicyclic) bond motifs is 3. The molecule has 0 radical (unpaired) electrons. The second-order valence-corrected chi connectivity index (χ2v) is 13.0. The predicted molar refractivity (Wildman–Crippen MR) is 155 cm³/mol. The molecule has 41 heavy (non-hydrogen) atoms. The van der Waals surface area contributed by atoms with Crippen molar-refractivity contribution >= 4 is 18.2 Å². The maximum absolute atomic E-state index is 13.8. The molecule has 2 aromatic rings. The molecule has 2 fully saturated rings. The van der Waals surface area contributed by atoms with Crippen LogP contribution in [0.4, 0.5) is 9.59 Å². The minimum atomic E-state index is -1.45. The smallest absolute Gasteiger partial charge is 0.410 e. The highest BCUT2D eigenvalue weighted by Gasteiger charge is 2.58. The van der Waals surface area contributed by atoms with Crippen molar-refractivity contribution in [3.8, 4) is 11.1 Å². The zero-order chi connectivity index (χ0) is 29.5. The Morgan fingerprint density at radius 1 is 0.976 bits per heavy atom. The maximum Gasteiger partial charge on any atom is 0.410 e. The zero-order valence-corrected chi connectivity index (χ0v) is 24.6. The summed E-state index contributed by atoms with van der Waals surface area (Å²) in [5.74, 6) is -1.03. The Labute approximate surface area is 241 Å². The molecule has 0 saturated heterocycles. The first-order valence-corrected chi connectivity index (χ1v) is 14.4. The van der Waals surface area contributed by atoms with Gasteiger partial charge in [0.2, 0.25) is 0 Å². The molecule has 0 unspecified atom stereocenters. The van der Waals surface area contributed by atoms with E-state index in [0.717, 1.165) is 35.1 Å². The van der Waals surface area contributed by atoms with Crippen molar-refractivity contribution in [2.45, 2.75) is 75.6 Å². The Balaban J connectivity index is 1.32. The number of rotatable bonds is 8. The number of amides is 2. The Morgan fingerprint density at radius 3 is 2.05 bits per heavy atom. The van der Waals surface area contributed by atoms with Gasteiger partial charge in [-0.2, -0.15) is 0 Å². The van der Waals surface area contributed by atoms with E-state index in [0.29, 0.717) is 12.6 Å². The van der Waals surface area contributed by atoms with E-state index in [1.165, 1.54) is 4.90 Å². The highest BCUT2D eigenvalue weighted by molar-refractivity contribution is 5.86. The Morgan fingerprint density at radius 2 is 1.54 bits per heavy atom. The van der Waals surface area contributed by atoms with Gasteiger partial charge in [-0.05, 0) is 75.9 Å². The number of carboxylic acid groups (broad SMARTS) is 1. The molecule has 0 aliphatic heterocycles. The van der Waals surface area contributed by atoms with Gasteiger partial charge in [0.25, 0.3) is 0 Å². The average Bonchev–Trinajstić information content (AvgIpc) is 3.16. The zero-order valence-electron chi connectivity index (χ0n) is 24.6. The first-order valence-electron chi connectivity index (χ1n) is 14.4. The third-order valence-corrected chi connectivity index (χ3v) is 8.74. The highest BCUT2D eigenvalue weighted by Crippen LogP contribution is 2.45. The van der Waals surface area contributed by atoms with Crippen LogP contribution in [0.5, 0.6) is 0 Å². The van der Waals surface area contributed by atoms with Crippen molar-refractivity contribution < 1.29 is 29.0 Å². The molecule has 3 aliphatic carbocycles. The van der Waals surface area contributed by atoms with Crippen molar-refractivity contribution in [1.29, 1.82) is 0 Å². The maximum atomic E-state index is 13.8. The van der Waals surface area contributed by atoms with Crippen molar-refractivity contribution in [3.63, 3.8) is 0 Å². The van der Waals surface area contributed by atoms with Gasteiger partial charge in [0.15, 0.2) is 0 Å². The van der Waals surface area contributed by atoms with Crippen LogP contribution in [0.25, 0.3) is 11.1 Å². The molecule has 2 saturated carbocycles. The Hall–Kier alpha value is -3.59. The fourth-order valence-electron chi connectivity index (χ4n) is 6.47. The van der Waals surface area contributed by atoms with Crippen molar-refractivity contribution in [3.05, 3.63) is 59.7 Å². The summed E-state index contributed by atoms with van der Waals surface area (Å²) >= 11 is 0. The fraction of sp³-hybridized carbons (Fsp3) is 0.531. The molecule has 0 aromatic heterocycles. The van der Waals surface area contributed by atoms with Crippen LogP contribution >= 0.6 is 0 Å². The normalized spacial score (nSPS) is 24.9. The molecular formula is C32H41N3O6. The van der Waals surface area contributed by atoms with Crippen LogP contribution in [-0.2, 0) is 14.3 Å². The largest absolute Gasteiger partial charge is 0.479 e. The molecule has 0 heterocycles. The molecule has 0 spiro atoms. The molecule has 2 amide bonds. The molecule has 220 valence electrons. The van der Waals surface area contributed by atoms with Crippen LogP contribution in [0.3, 0.4) is 0 Å². The number of hydrogen-bond acceptors (Lipinski definition) is 6. The van der Waals surface area contributed by atoms with Gasteiger partial charge in [-0.25, -0.2) is 14.4 Å². The van der Waals surface area contributed by atoms with Gasteiger partial charge in [0, 0.05) is 37.4 Å². The number of hydrogen-bond donors (Lipinski definition) is 2. The standard InChI is InChI=1S/C32H41N3O6/c1-31(2,3)41-29(38)33-21-16-32(17-21,28(36)37)35(18-20-14-22(15-20)34(4)5)30(39)40-19-27-25-12-8-6-10-23(25)24-11-7-9-13-26(24)27/h6-13,20-22,27H,14-19H2,1-5H3,(H,33,38)(H,36,37). The van der Waals surface area contributed by atoms with Gasteiger partial charge in [0.05, 0.1) is 0 Å². The molecule has 2 N–H and O–H groups in total. The van der Waals surface area contributed by atoms with E-state index in [2.05, 4.69) is 34.5 Å². The van der Waals surface area contributed by atoms with E-state index in [1.807, 2.05) is 38.4 Å². The molecule has 0 atom stereocenters. The monoisotopic (exact) mass is 563 g/mol. The van der Waals surface area contributed by atoms with Crippen LogP contribution in [0.15, 0.2) is 48.5 Å². The van der Waals surface area contributed by atoms with Gasteiger partial charge < -0.3 is 24.8 Å². The summed E-state index contributed by atoms with van der Waals surface area (Å²) in [4.78, 5) is 42.5. The summed E-state index contributed by atoms with van der Waals surface area (Å²) in [6.07, 6.45) is 0.732. The second-order valence-electron chi connectivity index (χ2n) is 13.0. The second kappa shape index (κ2) is 11.0. The third-order valence-electron chi connectivity index (χ3n) is 8.74. The summed E-state index contributed by atoms with van der Waals surface area (Å²) in [5, 5.41) is 13.2. The number of ether oxygens (including phenoxy) is 2. The van der Waals surface area contributed by atoms with Crippen LogP contribution < -0.4 is 5.32 Å². The number of aliphatic carboxylic acids is 1. The van der Waals surface area contributed by atoms with Crippen LogP contribution in [0.1, 0.15) is 63.5 Å². The van der Waals surface area contributed by atoms with Crippen molar-refractivity contribution in [2.24, 2.45) is 5.92 Å². The molecule has 5 rings (SSSR count). The van der Waals surface area contributed by atoms with Gasteiger partial charge in [0.1, 0.15) is 17.7 Å². The molecule has 9 nitrogen and oxygen atoms in total. The third kappa shape index (κ3) is 5.77. The van der Waals surface area contributed by atoms with Gasteiger partial charge >= 0.3 is 18.2 Å². The predicted octanol–water partition coefficient (Wildman–Crippen LogP) is 5.09. The minimum absolute atomic E-state index is 0.0929. The number of nitrogens with one attached hydrogen (secondary N) is 1. The lowest BCUT2D eigenvalue weighted by Crippen LogP contribution is -2.70. The Bertz CT molecular complexity index is 1260. The summed E-state index contributed by atoms with van der Waals surface area (Å²) in [6.45, 7) is 5.73. The fourth-order valence-corrected chi connectivity index (χ4v) is 6.47. The molecular weight excluding hydrogens is 522 g/mol. The SMILES string of the molecule is CN(C)C1CC(CN(C(=O)OCC2c3ccccc3-c3ccccc32)C2(C(=O)O)CC(NC(=O)OC(C)(C)C)C2)C1. The van der Waals surface area contributed by atoms with E-state index in [4.69, 9.17) is 9.47 Å². The highest BCUT2D eigenvalue weighted by atomic mass is 16.6. The molecule has 9 heteroatoms.